The average Bonchev–Trinajstić information content (AvgIpc) is 2.33. The molecule has 0 bridgehead atoms. The molecular weight excluding hydrogens is 297 g/mol. The summed E-state index contributed by atoms with van der Waals surface area (Å²) in [5.74, 6) is -3.43. The van der Waals surface area contributed by atoms with Crippen molar-refractivity contribution in [3.8, 4) is 11.1 Å². The fourth-order valence-corrected chi connectivity index (χ4v) is 2.08. The van der Waals surface area contributed by atoms with E-state index >= 15 is 0 Å². The molecule has 0 aliphatic rings. The van der Waals surface area contributed by atoms with Crippen LogP contribution >= 0.6 is 23.2 Å². The molecule has 0 amide bonds. The van der Waals surface area contributed by atoms with Crippen LogP contribution in [0.1, 0.15) is 10.4 Å². The molecule has 0 aliphatic heterocycles. The minimum absolute atomic E-state index is 0.0699. The van der Waals surface area contributed by atoms with E-state index in [9.17, 15) is 13.6 Å². The lowest BCUT2D eigenvalue weighted by molar-refractivity contribution is 0.0697. The Kier molecular flexibility index (Phi) is 3.73. The maximum Gasteiger partial charge on any atom is 0.336 e. The summed E-state index contributed by atoms with van der Waals surface area (Å²) in [5.41, 5.74) is 0.0988. The predicted octanol–water partition coefficient (Wildman–Crippen LogP) is 4.64. The minimum Gasteiger partial charge on any atom is -0.478 e. The van der Waals surface area contributed by atoms with E-state index in [-0.39, 0.29) is 26.7 Å². The molecule has 0 spiro atoms. The van der Waals surface area contributed by atoms with Crippen LogP contribution in [0.2, 0.25) is 10.0 Å². The topological polar surface area (TPSA) is 37.3 Å². The van der Waals surface area contributed by atoms with Gasteiger partial charge in [-0.25, -0.2) is 13.6 Å². The van der Waals surface area contributed by atoms with Gasteiger partial charge in [0.05, 0.1) is 10.6 Å². The maximum absolute atomic E-state index is 13.3. The van der Waals surface area contributed by atoms with Gasteiger partial charge in [-0.15, -0.1) is 0 Å². The molecule has 98 valence electrons. The van der Waals surface area contributed by atoms with Gasteiger partial charge in [-0.05, 0) is 35.9 Å². The van der Waals surface area contributed by atoms with Crippen molar-refractivity contribution < 1.29 is 18.7 Å². The van der Waals surface area contributed by atoms with E-state index in [1.807, 2.05) is 0 Å². The van der Waals surface area contributed by atoms with E-state index < -0.39 is 17.6 Å². The number of carboxylic acid groups (broad SMARTS) is 1. The van der Waals surface area contributed by atoms with Crippen molar-refractivity contribution >= 4 is 29.2 Å². The maximum atomic E-state index is 13.3. The van der Waals surface area contributed by atoms with Crippen LogP contribution in [0.3, 0.4) is 0 Å². The van der Waals surface area contributed by atoms with Gasteiger partial charge in [0, 0.05) is 10.6 Å². The van der Waals surface area contributed by atoms with E-state index in [2.05, 4.69) is 0 Å². The molecule has 0 saturated carbocycles. The van der Waals surface area contributed by atoms with Crippen molar-refractivity contribution in [1.82, 2.24) is 0 Å². The molecule has 0 unspecified atom stereocenters. The summed E-state index contributed by atoms with van der Waals surface area (Å²) < 4.78 is 26.3. The third kappa shape index (κ3) is 2.69. The number of carboxylic acids is 1. The molecule has 0 saturated heterocycles. The zero-order chi connectivity index (χ0) is 14.2. The van der Waals surface area contributed by atoms with E-state index in [0.29, 0.717) is 0 Å². The fourth-order valence-electron chi connectivity index (χ4n) is 1.65. The number of rotatable bonds is 2. The quantitative estimate of drug-likeness (QED) is 0.821. The first-order valence-electron chi connectivity index (χ1n) is 5.08. The molecule has 1 N–H and O–H groups in total. The lowest BCUT2D eigenvalue weighted by atomic mass is 9.99. The largest absolute Gasteiger partial charge is 0.478 e. The first-order valence-corrected chi connectivity index (χ1v) is 5.83. The molecule has 0 heterocycles. The molecule has 6 heteroatoms. The van der Waals surface area contributed by atoms with Gasteiger partial charge in [0.2, 0.25) is 0 Å². The van der Waals surface area contributed by atoms with E-state index in [1.54, 1.807) is 0 Å². The summed E-state index contributed by atoms with van der Waals surface area (Å²) in [6.45, 7) is 0. The Morgan fingerprint density at radius 2 is 1.63 bits per heavy atom. The van der Waals surface area contributed by atoms with Crippen molar-refractivity contribution in [3.63, 3.8) is 0 Å². The highest BCUT2D eigenvalue weighted by atomic mass is 35.5. The van der Waals surface area contributed by atoms with Crippen LogP contribution in [0, 0.1) is 11.6 Å². The Labute approximate surface area is 117 Å². The zero-order valence-corrected chi connectivity index (χ0v) is 10.8. The predicted molar refractivity (Wildman–Crippen MR) is 68.8 cm³/mol. The third-order valence-corrected chi connectivity index (χ3v) is 3.06. The van der Waals surface area contributed by atoms with Crippen molar-refractivity contribution in [2.24, 2.45) is 0 Å². The second kappa shape index (κ2) is 5.15. The smallest absolute Gasteiger partial charge is 0.336 e. The first kappa shape index (κ1) is 13.8. The molecule has 0 atom stereocenters. The summed E-state index contributed by atoms with van der Waals surface area (Å²) >= 11 is 11.6. The summed E-state index contributed by atoms with van der Waals surface area (Å²) in [5, 5.41) is 9.25. The van der Waals surface area contributed by atoms with Gasteiger partial charge < -0.3 is 5.11 Å². The zero-order valence-electron chi connectivity index (χ0n) is 9.25. The van der Waals surface area contributed by atoms with Gasteiger partial charge in [0.1, 0.15) is 0 Å². The summed E-state index contributed by atoms with van der Waals surface area (Å²) in [6, 6.07) is 5.64. The molecule has 0 aromatic heterocycles. The van der Waals surface area contributed by atoms with Crippen LogP contribution in [0.15, 0.2) is 30.3 Å². The van der Waals surface area contributed by atoms with Crippen molar-refractivity contribution in [3.05, 3.63) is 57.6 Å². The molecule has 0 fully saturated rings. The molecule has 2 aromatic carbocycles. The molecule has 0 radical (unpaired) electrons. The summed E-state index contributed by atoms with van der Waals surface area (Å²) in [6.07, 6.45) is 0. The Balaban J connectivity index is 2.74. The molecule has 2 rings (SSSR count). The Morgan fingerprint density at radius 3 is 2.26 bits per heavy atom. The second-order valence-corrected chi connectivity index (χ2v) is 4.58. The average molecular weight is 303 g/mol. The number of aromatic carboxylic acids is 1. The number of hydrogen-bond donors (Lipinski definition) is 1. The molecule has 2 nitrogen and oxygen atoms in total. The highest BCUT2D eigenvalue weighted by molar-refractivity contribution is 6.34. The Hall–Kier alpha value is -1.65. The van der Waals surface area contributed by atoms with Gasteiger partial charge in [-0.2, -0.15) is 0 Å². The van der Waals surface area contributed by atoms with Crippen molar-refractivity contribution in [2.75, 3.05) is 0 Å². The van der Waals surface area contributed by atoms with Gasteiger partial charge in [0.25, 0.3) is 0 Å². The van der Waals surface area contributed by atoms with Crippen LogP contribution in [0.4, 0.5) is 8.78 Å². The van der Waals surface area contributed by atoms with E-state index in [0.717, 1.165) is 12.1 Å². The van der Waals surface area contributed by atoms with E-state index in [4.69, 9.17) is 28.3 Å². The third-order valence-electron chi connectivity index (χ3n) is 2.51. The van der Waals surface area contributed by atoms with Crippen LogP contribution in [0.25, 0.3) is 11.1 Å². The van der Waals surface area contributed by atoms with Crippen LogP contribution < -0.4 is 0 Å². The van der Waals surface area contributed by atoms with Crippen molar-refractivity contribution in [2.45, 2.75) is 0 Å². The Morgan fingerprint density at radius 1 is 1.00 bits per heavy atom. The Bertz CT molecular complexity index is 672. The number of hydrogen-bond acceptors (Lipinski definition) is 1. The summed E-state index contributed by atoms with van der Waals surface area (Å²) in [7, 11) is 0. The van der Waals surface area contributed by atoms with Crippen molar-refractivity contribution in [1.29, 1.82) is 0 Å². The fraction of sp³-hybridized carbons (Fsp3) is 0. The lowest BCUT2D eigenvalue weighted by Crippen LogP contribution is -2.00. The second-order valence-electron chi connectivity index (χ2n) is 3.74. The number of benzene rings is 2. The van der Waals surface area contributed by atoms with Gasteiger partial charge in [-0.3, -0.25) is 0 Å². The number of carbonyl (C=O) groups is 1. The van der Waals surface area contributed by atoms with Crippen LogP contribution in [0.5, 0.6) is 0 Å². The molecule has 19 heavy (non-hydrogen) atoms. The SMILES string of the molecule is O=C(O)c1ccc(Cl)cc1-c1cc(F)c(F)cc1Cl. The standard InChI is InChI=1S/C13H6Cl2F2O2/c14-6-1-2-7(13(18)19)8(3-6)9-4-11(16)12(17)5-10(9)15/h1-5H,(H,18,19). The van der Waals surface area contributed by atoms with Gasteiger partial charge in [-0.1, -0.05) is 23.2 Å². The van der Waals surface area contributed by atoms with E-state index in [1.165, 1.54) is 18.2 Å². The van der Waals surface area contributed by atoms with Crippen LogP contribution in [-0.4, -0.2) is 11.1 Å². The van der Waals surface area contributed by atoms with Gasteiger partial charge in [0.15, 0.2) is 11.6 Å². The molecule has 2 aromatic rings. The monoisotopic (exact) mass is 302 g/mol. The molecule has 0 aliphatic carbocycles. The normalized spacial score (nSPS) is 10.5. The summed E-state index contributed by atoms with van der Waals surface area (Å²) in [4.78, 5) is 11.1. The van der Waals surface area contributed by atoms with Gasteiger partial charge >= 0.3 is 5.97 Å². The minimum atomic E-state index is -1.22. The molecular formula is C13H6Cl2F2O2. The highest BCUT2D eigenvalue weighted by Crippen LogP contribution is 2.34. The highest BCUT2D eigenvalue weighted by Gasteiger charge is 2.17. The van der Waals surface area contributed by atoms with Crippen LogP contribution in [-0.2, 0) is 0 Å². The lowest BCUT2D eigenvalue weighted by Gasteiger charge is -2.09. The first-order chi connectivity index (χ1) is 8.90. The number of halogens is 4.